The second kappa shape index (κ2) is 7.00. The van der Waals surface area contributed by atoms with Crippen molar-refractivity contribution in [3.05, 3.63) is 72.8 Å². The molecule has 6 nitrogen and oxygen atoms in total. The largest absolute Gasteiger partial charge is 0.376 e. The zero-order chi connectivity index (χ0) is 17.8. The van der Waals surface area contributed by atoms with Crippen LogP contribution >= 0.6 is 0 Å². The van der Waals surface area contributed by atoms with Gasteiger partial charge in [-0.05, 0) is 49.1 Å². The summed E-state index contributed by atoms with van der Waals surface area (Å²) in [6.45, 7) is 0.247. The molecule has 0 atom stereocenters. The first-order valence-electron chi connectivity index (χ1n) is 8.81. The van der Waals surface area contributed by atoms with E-state index in [4.69, 9.17) is 0 Å². The molecule has 2 aromatic carbocycles. The summed E-state index contributed by atoms with van der Waals surface area (Å²) < 4.78 is 1.69. The van der Waals surface area contributed by atoms with E-state index in [2.05, 4.69) is 32.8 Å². The van der Waals surface area contributed by atoms with Crippen molar-refractivity contribution in [1.29, 1.82) is 0 Å². The molecule has 0 spiro atoms. The second-order valence-electron chi connectivity index (χ2n) is 6.59. The number of nitrogens with zero attached hydrogens (tertiary/aromatic N) is 3. The Hall–Kier alpha value is -3.15. The predicted molar refractivity (Wildman–Crippen MR) is 100.0 cm³/mol. The summed E-state index contributed by atoms with van der Waals surface area (Å²) in [5.74, 6) is 0.00825. The molecule has 1 fully saturated rings. The molecule has 1 amide bonds. The minimum atomic E-state index is -0.197. The molecule has 3 aromatic rings. The van der Waals surface area contributed by atoms with Crippen molar-refractivity contribution in [1.82, 2.24) is 20.1 Å². The van der Waals surface area contributed by atoms with Crippen molar-refractivity contribution in [2.45, 2.75) is 24.8 Å². The number of aromatic nitrogens is 3. The van der Waals surface area contributed by atoms with E-state index in [0.717, 1.165) is 30.6 Å². The first-order valence-corrected chi connectivity index (χ1v) is 8.81. The average molecular weight is 347 g/mol. The molecule has 0 bridgehead atoms. The molecule has 0 aliphatic heterocycles. The quantitative estimate of drug-likeness (QED) is 0.719. The van der Waals surface area contributed by atoms with Gasteiger partial charge in [-0.3, -0.25) is 4.79 Å². The highest BCUT2D eigenvalue weighted by Crippen LogP contribution is 2.41. The molecule has 6 heteroatoms. The van der Waals surface area contributed by atoms with E-state index < -0.39 is 0 Å². The fourth-order valence-electron chi connectivity index (χ4n) is 3.34. The molecule has 1 aromatic heterocycles. The van der Waals surface area contributed by atoms with Crippen LogP contribution in [0, 0.1) is 0 Å². The Kier molecular flexibility index (Phi) is 4.39. The van der Waals surface area contributed by atoms with Crippen LogP contribution < -0.4 is 10.6 Å². The summed E-state index contributed by atoms with van der Waals surface area (Å²) in [5, 5.41) is 10.5. The summed E-state index contributed by atoms with van der Waals surface area (Å²) in [4.78, 5) is 16.4. The third kappa shape index (κ3) is 3.31. The van der Waals surface area contributed by atoms with E-state index >= 15 is 0 Å². The lowest BCUT2D eigenvalue weighted by Crippen LogP contribution is -2.52. The average Bonchev–Trinajstić information content (AvgIpc) is 3.19. The summed E-state index contributed by atoms with van der Waals surface area (Å²) in [5.41, 5.74) is 2.81. The van der Waals surface area contributed by atoms with Crippen LogP contribution in [0.2, 0.25) is 0 Å². The van der Waals surface area contributed by atoms with Crippen molar-refractivity contribution >= 4 is 11.6 Å². The van der Waals surface area contributed by atoms with Gasteiger partial charge in [0, 0.05) is 5.69 Å². The van der Waals surface area contributed by atoms with E-state index in [1.165, 1.54) is 11.9 Å². The summed E-state index contributed by atoms with van der Waals surface area (Å²) in [7, 11) is 0. The lowest BCUT2D eigenvalue weighted by Gasteiger charge is -2.43. The van der Waals surface area contributed by atoms with Crippen molar-refractivity contribution in [2.75, 3.05) is 11.9 Å². The molecule has 0 saturated heterocycles. The van der Waals surface area contributed by atoms with Gasteiger partial charge in [-0.2, -0.15) is 5.10 Å². The lowest BCUT2D eigenvalue weighted by atomic mass is 9.72. The van der Waals surface area contributed by atoms with Gasteiger partial charge in [-0.15, -0.1) is 0 Å². The first kappa shape index (κ1) is 16.3. The molecule has 1 aliphatic carbocycles. The van der Waals surface area contributed by atoms with Crippen LogP contribution in [0.25, 0.3) is 5.69 Å². The Morgan fingerprint density at radius 2 is 1.85 bits per heavy atom. The molecule has 1 saturated carbocycles. The Morgan fingerprint density at radius 3 is 2.46 bits per heavy atom. The fraction of sp³-hybridized carbons (Fsp3) is 0.250. The van der Waals surface area contributed by atoms with E-state index in [0.29, 0.717) is 0 Å². The molecule has 132 valence electrons. The monoisotopic (exact) mass is 347 g/mol. The van der Waals surface area contributed by atoms with Gasteiger partial charge in [0.25, 0.3) is 0 Å². The molecule has 1 heterocycles. The standard InChI is InChI=1S/C20H21N5O/c26-19(24-20(11-4-12-20)16-5-2-1-3-6-16)13-22-17-7-9-18(10-8-17)25-15-21-14-23-25/h1-3,5-10,14-15,22H,4,11-13H2,(H,24,26). The normalized spacial score (nSPS) is 15.1. The van der Waals surface area contributed by atoms with Crippen LogP contribution in [0.4, 0.5) is 5.69 Å². The molecule has 0 radical (unpaired) electrons. The Morgan fingerprint density at radius 1 is 1.08 bits per heavy atom. The van der Waals surface area contributed by atoms with Gasteiger partial charge in [-0.25, -0.2) is 9.67 Å². The zero-order valence-corrected chi connectivity index (χ0v) is 14.4. The first-order chi connectivity index (χ1) is 12.8. The lowest BCUT2D eigenvalue weighted by molar-refractivity contribution is -0.122. The topological polar surface area (TPSA) is 71.8 Å². The Labute approximate surface area is 152 Å². The number of carbonyl (C=O) groups is 1. The molecule has 1 aliphatic rings. The van der Waals surface area contributed by atoms with Gasteiger partial charge < -0.3 is 10.6 Å². The van der Waals surface area contributed by atoms with E-state index in [9.17, 15) is 4.79 Å². The Bertz CT molecular complexity index is 855. The number of anilines is 1. The number of carbonyl (C=O) groups excluding carboxylic acids is 1. The minimum absolute atomic E-state index is 0.00825. The van der Waals surface area contributed by atoms with Gasteiger partial charge in [0.1, 0.15) is 12.7 Å². The van der Waals surface area contributed by atoms with Crippen LogP contribution in [-0.4, -0.2) is 27.2 Å². The summed E-state index contributed by atoms with van der Waals surface area (Å²) >= 11 is 0. The molecular formula is C20H21N5O. The van der Waals surface area contributed by atoms with E-state index in [-0.39, 0.29) is 18.0 Å². The predicted octanol–water partition coefficient (Wildman–Crippen LogP) is 2.87. The van der Waals surface area contributed by atoms with Crippen LogP contribution in [-0.2, 0) is 10.3 Å². The summed E-state index contributed by atoms with van der Waals surface area (Å²) in [6, 6.07) is 18.0. The molecule has 2 N–H and O–H groups in total. The molecule has 26 heavy (non-hydrogen) atoms. The van der Waals surface area contributed by atoms with Crippen LogP contribution in [0.3, 0.4) is 0 Å². The van der Waals surface area contributed by atoms with Gasteiger partial charge in [-0.1, -0.05) is 30.3 Å². The number of benzene rings is 2. The zero-order valence-electron chi connectivity index (χ0n) is 14.4. The van der Waals surface area contributed by atoms with Gasteiger partial charge in [0.2, 0.25) is 5.91 Å². The van der Waals surface area contributed by atoms with Gasteiger partial charge >= 0.3 is 0 Å². The van der Waals surface area contributed by atoms with Crippen LogP contribution in [0.15, 0.2) is 67.3 Å². The van der Waals surface area contributed by atoms with Crippen molar-refractivity contribution in [2.24, 2.45) is 0 Å². The van der Waals surface area contributed by atoms with Crippen LogP contribution in [0.5, 0.6) is 0 Å². The number of nitrogens with one attached hydrogen (secondary N) is 2. The number of amides is 1. The highest BCUT2D eigenvalue weighted by molar-refractivity contribution is 5.81. The van der Waals surface area contributed by atoms with Crippen molar-refractivity contribution in [3.63, 3.8) is 0 Å². The maximum atomic E-state index is 12.5. The number of hydrogen-bond donors (Lipinski definition) is 2. The van der Waals surface area contributed by atoms with Crippen LogP contribution in [0.1, 0.15) is 24.8 Å². The fourth-order valence-corrected chi connectivity index (χ4v) is 3.34. The SMILES string of the molecule is O=C(CNc1ccc(-n2cncn2)cc1)NC1(c2ccccc2)CCC1. The highest BCUT2D eigenvalue weighted by atomic mass is 16.2. The Balaban J connectivity index is 1.35. The summed E-state index contributed by atoms with van der Waals surface area (Å²) in [6.07, 6.45) is 6.29. The smallest absolute Gasteiger partial charge is 0.239 e. The maximum absolute atomic E-state index is 12.5. The highest BCUT2D eigenvalue weighted by Gasteiger charge is 2.39. The van der Waals surface area contributed by atoms with Crippen molar-refractivity contribution < 1.29 is 4.79 Å². The van der Waals surface area contributed by atoms with E-state index in [1.807, 2.05) is 42.5 Å². The van der Waals surface area contributed by atoms with E-state index in [1.54, 1.807) is 11.0 Å². The third-order valence-corrected chi connectivity index (χ3v) is 4.92. The number of hydrogen-bond acceptors (Lipinski definition) is 4. The second-order valence-corrected chi connectivity index (χ2v) is 6.59. The molecule has 4 rings (SSSR count). The van der Waals surface area contributed by atoms with Gasteiger partial charge in [0.05, 0.1) is 17.8 Å². The minimum Gasteiger partial charge on any atom is -0.376 e. The van der Waals surface area contributed by atoms with Crippen molar-refractivity contribution in [3.8, 4) is 5.69 Å². The molecular weight excluding hydrogens is 326 g/mol. The number of rotatable bonds is 6. The molecule has 0 unspecified atom stereocenters. The maximum Gasteiger partial charge on any atom is 0.239 e. The van der Waals surface area contributed by atoms with Gasteiger partial charge in [0.15, 0.2) is 0 Å². The third-order valence-electron chi connectivity index (χ3n) is 4.92.